The van der Waals surface area contributed by atoms with Crippen LogP contribution in [-0.4, -0.2) is 18.8 Å². The van der Waals surface area contributed by atoms with Crippen LogP contribution >= 0.6 is 34.9 Å². The molecule has 3 heterocycles. The van der Waals surface area contributed by atoms with Crippen molar-refractivity contribution >= 4 is 55.0 Å². The Bertz CT molecular complexity index is 2230. The van der Waals surface area contributed by atoms with E-state index < -0.39 is 0 Å². The predicted octanol–water partition coefficient (Wildman–Crippen LogP) is 8.74. The molecular formula is C40H32N2O3S3. The number of thioether (sulfide) groups is 2. The van der Waals surface area contributed by atoms with E-state index in [1.54, 1.807) is 37.7 Å². The molecule has 2 aliphatic heterocycles. The van der Waals surface area contributed by atoms with Gasteiger partial charge in [0.05, 0.1) is 30.2 Å². The van der Waals surface area contributed by atoms with E-state index in [1.165, 1.54) is 32.3 Å². The third kappa shape index (κ3) is 5.68. The maximum absolute atomic E-state index is 14.7. The molecule has 0 N–H and O–H groups in total. The van der Waals surface area contributed by atoms with Crippen molar-refractivity contribution in [2.45, 2.75) is 25.3 Å². The Hall–Kier alpha value is -4.50. The zero-order valence-corrected chi connectivity index (χ0v) is 29.0. The highest BCUT2D eigenvalue weighted by atomic mass is 32.2. The number of fused-ring (bicyclic) bond motifs is 1. The molecule has 5 aromatic rings. The Labute approximate surface area is 291 Å². The van der Waals surface area contributed by atoms with E-state index >= 15 is 0 Å². The fraction of sp³-hybridized carbons (Fsp3) is 0.150. The van der Waals surface area contributed by atoms with Crippen LogP contribution in [0.3, 0.4) is 0 Å². The minimum absolute atomic E-state index is 0.00842. The molecule has 0 radical (unpaired) electrons. The minimum Gasteiger partial charge on any atom is -0.497 e. The Morgan fingerprint density at radius 2 is 1.33 bits per heavy atom. The van der Waals surface area contributed by atoms with Gasteiger partial charge in [-0.25, -0.2) is 4.99 Å². The Kier molecular flexibility index (Phi) is 8.46. The van der Waals surface area contributed by atoms with Gasteiger partial charge in [-0.05, 0) is 83.0 Å². The lowest BCUT2D eigenvalue weighted by molar-refractivity contribution is 0.414. The van der Waals surface area contributed by atoms with Crippen LogP contribution in [0.2, 0.25) is 0 Å². The van der Waals surface area contributed by atoms with Crippen molar-refractivity contribution in [1.29, 1.82) is 0 Å². The molecule has 0 bridgehead atoms. The van der Waals surface area contributed by atoms with Crippen LogP contribution in [0, 0.1) is 0 Å². The average Bonchev–Trinajstić information content (AvgIpc) is 3.73. The first kappa shape index (κ1) is 30.8. The molecule has 238 valence electrons. The topological polar surface area (TPSA) is 52.8 Å². The maximum atomic E-state index is 14.7. The fourth-order valence-electron chi connectivity index (χ4n) is 6.52. The van der Waals surface area contributed by atoms with Crippen molar-refractivity contribution < 1.29 is 9.47 Å². The summed E-state index contributed by atoms with van der Waals surface area (Å²) >= 11 is 4.89. The predicted molar refractivity (Wildman–Crippen MR) is 201 cm³/mol. The number of rotatable bonds is 6. The van der Waals surface area contributed by atoms with Crippen molar-refractivity contribution in [2.24, 2.45) is 4.99 Å². The zero-order valence-electron chi connectivity index (χ0n) is 26.5. The number of hydrogen-bond acceptors (Lipinski definition) is 7. The molecule has 0 unspecified atom stereocenters. The van der Waals surface area contributed by atoms with E-state index in [0.717, 1.165) is 72.3 Å². The molecule has 4 aromatic carbocycles. The van der Waals surface area contributed by atoms with Crippen molar-refractivity contribution in [3.63, 3.8) is 0 Å². The molecule has 1 aromatic heterocycles. The molecule has 48 heavy (non-hydrogen) atoms. The van der Waals surface area contributed by atoms with Gasteiger partial charge in [-0.1, -0.05) is 120 Å². The fourth-order valence-corrected chi connectivity index (χ4v) is 10.5. The molecular weight excluding hydrogens is 653 g/mol. The summed E-state index contributed by atoms with van der Waals surface area (Å²) in [6.07, 6.45) is 5.05. The summed E-state index contributed by atoms with van der Waals surface area (Å²) in [4.78, 5) is 23.0. The van der Waals surface area contributed by atoms with Gasteiger partial charge in [0.25, 0.3) is 5.56 Å². The molecule has 0 saturated carbocycles. The molecule has 8 rings (SSSR count). The Morgan fingerprint density at radius 3 is 1.92 bits per heavy atom. The Morgan fingerprint density at radius 1 is 0.750 bits per heavy atom. The summed E-state index contributed by atoms with van der Waals surface area (Å²) in [6.45, 7) is 0. The SMILES string of the molecule is COc1ccc(/C=C2\CCCC3=C2N=c2sc(=C4SC(c5ccccc5)=C(c5ccccc5)S4)c(=O)n2[C@@H]3c2ccc(OC)cc2)cc1. The monoisotopic (exact) mass is 684 g/mol. The lowest BCUT2D eigenvalue weighted by Gasteiger charge is -2.31. The number of ether oxygens (including phenoxy) is 2. The zero-order chi connectivity index (χ0) is 32.6. The average molecular weight is 685 g/mol. The van der Waals surface area contributed by atoms with Gasteiger partial charge in [-0.2, -0.15) is 0 Å². The van der Waals surface area contributed by atoms with Crippen molar-refractivity contribution in [3.8, 4) is 11.5 Å². The van der Waals surface area contributed by atoms with E-state index in [9.17, 15) is 4.79 Å². The van der Waals surface area contributed by atoms with Crippen molar-refractivity contribution in [3.05, 3.63) is 168 Å². The van der Waals surface area contributed by atoms with Gasteiger partial charge in [0.1, 0.15) is 16.0 Å². The van der Waals surface area contributed by atoms with Crippen LogP contribution in [-0.2, 0) is 0 Å². The van der Waals surface area contributed by atoms with E-state index in [2.05, 4.69) is 78.9 Å². The number of nitrogens with zero attached hydrogens (tertiary/aromatic N) is 2. The summed E-state index contributed by atoms with van der Waals surface area (Å²) in [5, 5.41) is 0. The third-order valence-electron chi connectivity index (χ3n) is 8.85. The number of methoxy groups -OCH3 is 2. The molecule has 5 nitrogen and oxygen atoms in total. The Balaban J connectivity index is 1.30. The molecule has 8 heteroatoms. The summed E-state index contributed by atoms with van der Waals surface area (Å²) in [5.74, 6) is 1.62. The number of hydrogen-bond donors (Lipinski definition) is 0. The van der Waals surface area contributed by atoms with Gasteiger partial charge >= 0.3 is 0 Å². The number of thiazole rings is 1. The van der Waals surface area contributed by atoms with Gasteiger partial charge in [0.2, 0.25) is 0 Å². The first-order valence-electron chi connectivity index (χ1n) is 15.9. The van der Waals surface area contributed by atoms with Crippen LogP contribution in [0.4, 0.5) is 0 Å². The molecule has 3 aliphatic rings. The van der Waals surface area contributed by atoms with Gasteiger partial charge in [0.15, 0.2) is 4.80 Å². The summed E-state index contributed by atoms with van der Waals surface area (Å²) in [6, 6.07) is 36.9. The molecule has 1 atom stereocenters. The van der Waals surface area contributed by atoms with E-state index in [0.29, 0.717) is 0 Å². The smallest absolute Gasteiger partial charge is 0.272 e. The number of benzene rings is 4. The molecule has 1 aliphatic carbocycles. The van der Waals surface area contributed by atoms with Crippen LogP contribution < -0.4 is 24.4 Å². The quantitative estimate of drug-likeness (QED) is 0.179. The summed E-state index contributed by atoms with van der Waals surface area (Å²) in [5.41, 5.74) is 7.87. The summed E-state index contributed by atoms with van der Waals surface area (Å²) < 4.78 is 14.6. The lowest BCUT2D eigenvalue weighted by Crippen LogP contribution is -2.39. The first-order valence-corrected chi connectivity index (χ1v) is 18.3. The third-order valence-corrected chi connectivity index (χ3v) is 12.9. The van der Waals surface area contributed by atoms with E-state index in [1.807, 2.05) is 41.0 Å². The second-order valence-electron chi connectivity index (χ2n) is 11.7. The van der Waals surface area contributed by atoms with Gasteiger partial charge in [0, 0.05) is 9.81 Å². The van der Waals surface area contributed by atoms with Crippen LogP contribution in [0.5, 0.6) is 11.5 Å². The van der Waals surface area contributed by atoms with Crippen molar-refractivity contribution in [1.82, 2.24) is 4.57 Å². The van der Waals surface area contributed by atoms with E-state index in [-0.39, 0.29) is 11.6 Å². The number of allylic oxidation sites excluding steroid dienone is 2. The second kappa shape index (κ2) is 13.2. The van der Waals surface area contributed by atoms with Crippen LogP contribution in [0.15, 0.2) is 136 Å². The van der Waals surface area contributed by atoms with Gasteiger partial charge in [-0.15, -0.1) is 0 Å². The highest BCUT2D eigenvalue weighted by Gasteiger charge is 2.34. The molecule has 0 spiro atoms. The highest BCUT2D eigenvalue weighted by molar-refractivity contribution is 8.41. The molecule has 0 saturated heterocycles. The second-order valence-corrected chi connectivity index (χ2v) is 15.0. The summed E-state index contributed by atoms with van der Waals surface area (Å²) in [7, 11) is 3.36. The van der Waals surface area contributed by atoms with Gasteiger partial charge < -0.3 is 9.47 Å². The minimum atomic E-state index is -0.248. The van der Waals surface area contributed by atoms with Crippen LogP contribution in [0.1, 0.15) is 47.6 Å². The molecule has 0 amide bonds. The van der Waals surface area contributed by atoms with Crippen molar-refractivity contribution in [2.75, 3.05) is 14.2 Å². The standard InChI is InChI=1S/C40H32N2O3S3/c1-44-30-20-16-25(17-21-30)24-29-14-9-15-32-33(29)41-40-42(34(32)26-18-22-31(45-2)23-19-26)38(43)37(48-40)39-46-35(27-10-5-3-6-11-27)36(47-39)28-12-7-4-8-13-28/h3-8,10-13,16-24,34H,9,14-15H2,1-2H3/b29-24+/t34-/m1/s1. The number of aromatic nitrogens is 1. The maximum Gasteiger partial charge on any atom is 0.272 e. The highest BCUT2D eigenvalue weighted by Crippen LogP contribution is 2.57. The van der Waals surface area contributed by atoms with E-state index in [4.69, 9.17) is 14.5 Å². The largest absolute Gasteiger partial charge is 0.497 e. The first-order chi connectivity index (χ1) is 23.6. The lowest BCUT2D eigenvalue weighted by atomic mass is 9.84. The van der Waals surface area contributed by atoms with Gasteiger partial charge in [-0.3, -0.25) is 9.36 Å². The normalized spacial score (nSPS) is 18.1. The van der Waals surface area contributed by atoms with Crippen LogP contribution in [0.25, 0.3) is 20.1 Å². The molecule has 0 fully saturated rings.